The van der Waals surface area contributed by atoms with E-state index in [1.807, 2.05) is 32.0 Å². The van der Waals surface area contributed by atoms with Crippen molar-refractivity contribution in [3.8, 4) is 5.75 Å². The maximum absolute atomic E-state index is 12.1. The minimum Gasteiger partial charge on any atom is -0.484 e. The summed E-state index contributed by atoms with van der Waals surface area (Å²) in [6.07, 6.45) is 1.45. The normalized spacial score (nSPS) is 13.4. The van der Waals surface area contributed by atoms with Crippen LogP contribution in [0.1, 0.15) is 16.7 Å². The van der Waals surface area contributed by atoms with Crippen LogP contribution in [0.2, 0.25) is 0 Å². The molecule has 1 saturated heterocycles. The molecule has 3 N–H and O–H groups in total. The van der Waals surface area contributed by atoms with Gasteiger partial charge in [-0.1, -0.05) is 29.8 Å². The molecule has 7 nitrogen and oxygen atoms in total. The third kappa shape index (κ3) is 5.26. The number of aryl methyl sites for hydroxylation is 2. The lowest BCUT2D eigenvalue weighted by Gasteiger charge is -2.16. The molecule has 1 aliphatic heterocycles. The number of hydrogen-bond donors (Lipinski definition) is 3. The van der Waals surface area contributed by atoms with E-state index < -0.39 is 11.8 Å². The summed E-state index contributed by atoms with van der Waals surface area (Å²) in [5.41, 5.74) is 3.44. The first-order chi connectivity index (χ1) is 13.8. The highest BCUT2D eigenvalue weighted by molar-refractivity contribution is 7.80. The van der Waals surface area contributed by atoms with E-state index in [1.165, 1.54) is 6.08 Å². The van der Waals surface area contributed by atoms with Gasteiger partial charge in [-0.2, -0.15) is 0 Å². The Morgan fingerprint density at radius 1 is 1.07 bits per heavy atom. The zero-order chi connectivity index (χ0) is 21.0. The predicted octanol–water partition coefficient (Wildman–Crippen LogP) is 2.24. The number of amides is 3. The maximum Gasteiger partial charge on any atom is 0.263 e. The van der Waals surface area contributed by atoms with E-state index in [0.717, 1.165) is 16.8 Å². The fraction of sp³-hybridized carbons (Fsp3) is 0.143. The van der Waals surface area contributed by atoms with Crippen molar-refractivity contribution in [2.75, 3.05) is 11.9 Å². The molecule has 0 radical (unpaired) electrons. The number of hydrogen-bond acceptors (Lipinski definition) is 5. The molecule has 0 aromatic heterocycles. The number of rotatable bonds is 5. The predicted molar refractivity (Wildman–Crippen MR) is 113 cm³/mol. The molecule has 1 aliphatic rings. The molecule has 0 spiro atoms. The van der Waals surface area contributed by atoms with Gasteiger partial charge in [-0.3, -0.25) is 25.0 Å². The van der Waals surface area contributed by atoms with Crippen molar-refractivity contribution in [1.82, 2.24) is 10.6 Å². The zero-order valence-corrected chi connectivity index (χ0v) is 16.7. The fourth-order valence-electron chi connectivity index (χ4n) is 2.72. The van der Waals surface area contributed by atoms with Crippen LogP contribution in [0.25, 0.3) is 6.08 Å². The third-order valence-corrected chi connectivity index (χ3v) is 4.36. The molecule has 0 saturated carbocycles. The lowest BCUT2D eigenvalue weighted by Crippen LogP contribution is -2.51. The molecule has 148 valence electrons. The summed E-state index contributed by atoms with van der Waals surface area (Å²) in [7, 11) is 0. The molecule has 0 unspecified atom stereocenters. The fourth-order valence-corrected chi connectivity index (χ4v) is 2.91. The first-order valence-electron chi connectivity index (χ1n) is 8.80. The van der Waals surface area contributed by atoms with Crippen LogP contribution in [-0.2, 0) is 14.4 Å². The van der Waals surface area contributed by atoms with Crippen molar-refractivity contribution >= 4 is 46.8 Å². The second kappa shape index (κ2) is 8.66. The Balaban J connectivity index is 1.58. The van der Waals surface area contributed by atoms with E-state index in [9.17, 15) is 14.4 Å². The topological polar surface area (TPSA) is 96.5 Å². The van der Waals surface area contributed by atoms with Crippen LogP contribution >= 0.6 is 12.2 Å². The standard InChI is InChI=1S/C21H19N3O4S/c1-12-3-8-17(13(2)9-12)22-18(25)11-28-15-6-4-14(5-7-15)10-16-19(26)23-21(29)24-20(16)27/h3-10H,11H2,1-2H3,(H,22,25)(H2,23,24,26,27,29). The van der Waals surface area contributed by atoms with Crippen molar-refractivity contribution in [1.29, 1.82) is 0 Å². The molecule has 8 heteroatoms. The van der Waals surface area contributed by atoms with Crippen LogP contribution in [0.15, 0.2) is 48.0 Å². The van der Waals surface area contributed by atoms with Gasteiger partial charge in [-0.25, -0.2) is 0 Å². The van der Waals surface area contributed by atoms with E-state index >= 15 is 0 Å². The minimum absolute atomic E-state index is 0.0139. The van der Waals surface area contributed by atoms with E-state index in [4.69, 9.17) is 17.0 Å². The van der Waals surface area contributed by atoms with Gasteiger partial charge in [0.25, 0.3) is 17.7 Å². The Labute approximate surface area is 173 Å². The number of carbonyl (C=O) groups excluding carboxylic acids is 3. The molecule has 3 rings (SSSR count). The first-order valence-corrected chi connectivity index (χ1v) is 9.21. The molecular weight excluding hydrogens is 390 g/mol. The molecule has 3 amide bonds. The van der Waals surface area contributed by atoms with E-state index in [1.54, 1.807) is 24.3 Å². The smallest absolute Gasteiger partial charge is 0.263 e. The van der Waals surface area contributed by atoms with E-state index in [-0.39, 0.29) is 23.2 Å². The van der Waals surface area contributed by atoms with E-state index in [2.05, 4.69) is 16.0 Å². The van der Waals surface area contributed by atoms with Gasteiger partial charge in [-0.05, 0) is 61.5 Å². The molecule has 0 bridgehead atoms. The van der Waals surface area contributed by atoms with Crippen molar-refractivity contribution in [3.63, 3.8) is 0 Å². The Bertz CT molecular complexity index is 1010. The Morgan fingerprint density at radius 2 is 1.72 bits per heavy atom. The number of ether oxygens (including phenoxy) is 1. The average Bonchev–Trinajstić information content (AvgIpc) is 2.66. The van der Waals surface area contributed by atoms with Crippen LogP contribution in [0.4, 0.5) is 5.69 Å². The van der Waals surface area contributed by atoms with Gasteiger partial charge < -0.3 is 10.1 Å². The third-order valence-electron chi connectivity index (χ3n) is 4.16. The van der Waals surface area contributed by atoms with Gasteiger partial charge >= 0.3 is 0 Å². The van der Waals surface area contributed by atoms with Gasteiger partial charge in [0.1, 0.15) is 11.3 Å². The monoisotopic (exact) mass is 409 g/mol. The maximum atomic E-state index is 12.1. The van der Waals surface area contributed by atoms with Crippen LogP contribution in [0.5, 0.6) is 5.75 Å². The number of benzene rings is 2. The van der Waals surface area contributed by atoms with Gasteiger partial charge in [0.15, 0.2) is 11.7 Å². The Morgan fingerprint density at radius 3 is 2.34 bits per heavy atom. The zero-order valence-electron chi connectivity index (χ0n) is 15.9. The van der Waals surface area contributed by atoms with Crippen molar-refractivity contribution < 1.29 is 19.1 Å². The highest BCUT2D eigenvalue weighted by Crippen LogP contribution is 2.17. The summed E-state index contributed by atoms with van der Waals surface area (Å²) in [6, 6.07) is 12.4. The van der Waals surface area contributed by atoms with Crippen molar-refractivity contribution in [3.05, 3.63) is 64.7 Å². The number of nitrogens with one attached hydrogen (secondary N) is 3. The quantitative estimate of drug-likeness (QED) is 0.400. The van der Waals surface area contributed by atoms with Crippen LogP contribution in [0.3, 0.4) is 0 Å². The molecule has 1 heterocycles. The number of anilines is 1. The molecule has 2 aromatic rings. The number of thiocarbonyl (C=S) groups is 1. The summed E-state index contributed by atoms with van der Waals surface area (Å²) in [5.74, 6) is -0.888. The Kier molecular flexibility index (Phi) is 6.04. The summed E-state index contributed by atoms with van der Waals surface area (Å²) >= 11 is 4.76. The summed E-state index contributed by atoms with van der Waals surface area (Å²) in [5, 5.41) is 7.55. The second-order valence-electron chi connectivity index (χ2n) is 6.52. The lowest BCUT2D eigenvalue weighted by atomic mass is 10.1. The van der Waals surface area contributed by atoms with Crippen molar-refractivity contribution in [2.45, 2.75) is 13.8 Å². The Hall–Kier alpha value is -3.52. The lowest BCUT2D eigenvalue weighted by molar-refractivity contribution is -0.123. The molecule has 1 fully saturated rings. The highest BCUT2D eigenvalue weighted by atomic mass is 32.1. The molecule has 2 aromatic carbocycles. The van der Waals surface area contributed by atoms with Crippen LogP contribution < -0.4 is 20.7 Å². The number of carbonyl (C=O) groups is 3. The SMILES string of the molecule is Cc1ccc(NC(=O)COc2ccc(C=C3C(=O)NC(=S)NC3=O)cc2)c(C)c1. The highest BCUT2D eigenvalue weighted by Gasteiger charge is 2.25. The van der Waals surface area contributed by atoms with Gasteiger partial charge in [-0.15, -0.1) is 0 Å². The summed E-state index contributed by atoms with van der Waals surface area (Å²) in [4.78, 5) is 35.8. The summed E-state index contributed by atoms with van der Waals surface area (Å²) < 4.78 is 5.50. The molecule has 0 aliphatic carbocycles. The average molecular weight is 409 g/mol. The minimum atomic E-state index is -0.554. The first kappa shape index (κ1) is 20.2. The molecule has 29 heavy (non-hydrogen) atoms. The van der Waals surface area contributed by atoms with Crippen molar-refractivity contribution in [2.24, 2.45) is 0 Å². The van der Waals surface area contributed by atoms with Crippen LogP contribution in [0, 0.1) is 13.8 Å². The van der Waals surface area contributed by atoms with Crippen LogP contribution in [-0.4, -0.2) is 29.4 Å². The van der Waals surface area contributed by atoms with Gasteiger partial charge in [0, 0.05) is 5.69 Å². The second-order valence-corrected chi connectivity index (χ2v) is 6.93. The molecule has 0 atom stereocenters. The largest absolute Gasteiger partial charge is 0.484 e. The summed E-state index contributed by atoms with van der Waals surface area (Å²) in [6.45, 7) is 3.77. The van der Waals surface area contributed by atoms with Gasteiger partial charge in [0.05, 0.1) is 0 Å². The van der Waals surface area contributed by atoms with Gasteiger partial charge in [0.2, 0.25) is 0 Å². The van der Waals surface area contributed by atoms with E-state index in [0.29, 0.717) is 11.3 Å². The molecular formula is C21H19N3O4S.